The van der Waals surface area contributed by atoms with Crippen molar-refractivity contribution in [2.75, 3.05) is 34.9 Å². The summed E-state index contributed by atoms with van der Waals surface area (Å²) in [5, 5.41) is 19.2. The summed E-state index contributed by atoms with van der Waals surface area (Å²) in [4.78, 5) is 50.1. The minimum absolute atomic E-state index is 0.0880. The molecule has 0 unspecified atom stereocenters. The van der Waals surface area contributed by atoms with Crippen molar-refractivity contribution in [1.82, 2.24) is 25.3 Å². The van der Waals surface area contributed by atoms with Crippen molar-refractivity contribution >= 4 is 86.4 Å². The number of carbonyl (C=O) groups is 2. The summed E-state index contributed by atoms with van der Waals surface area (Å²) in [5.41, 5.74) is 8.93. The Kier molecular flexibility index (Phi) is 15.9. The first kappa shape index (κ1) is 50.6. The van der Waals surface area contributed by atoms with Gasteiger partial charge in [0, 0.05) is 61.7 Å². The number of amides is 1. The molecule has 0 saturated heterocycles. The van der Waals surface area contributed by atoms with Gasteiger partial charge in [-0.15, -0.1) is 0 Å². The maximum atomic E-state index is 13.4. The first-order valence-electron chi connectivity index (χ1n) is 25.5. The minimum atomic E-state index is -0.413. The Balaban J connectivity index is 0.917. The van der Waals surface area contributed by atoms with Crippen LogP contribution in [0.15, 0.2) is 177 Å². The number of hydrogen-bond acceptors (Lipinski definition) is 13. The molecule has 2 aromatic heterocycles. The van der Waals surface area contributed by atoms with E-state index in [0.717, 1.165) is 93.8 Å². The van der Waals surface area contributed by atoms with Gasteiger partial charge in [-0.2, -0.15) is 9.97 Å². The van der Waals surface area contributed by atoms with Crippen LogP contribution in [0.5, 0.6) is 0 Å². The Labute approximate surface area is 446 Å². The van der Waals surface area contributed by atoms with Crippen molar-refractivity contribution in [3.05, 3.63) is 186 Å². The van der Waals surface area contributed by atoms with Crippen LogP contribution in [-0.2, 0) is 17.8 Å². The third-order valence-electron chi connectivity index (χ3n) is 13.3. The van der Waals surface area contributed by atoms with E-state index in [9.17, 15) is 9.59 Å². The maximum Gasteiger partial charge on any atom is 0.339 e. The van der Waals surface area contributed by atoms with Crippen molar-refractivity contribution in [2.45, 2.75) is 91.1 Å². The Hall–Kier alpha value is -7.94. The Morgan fingerprint density at radius 3 is 1.89 bits per heavy atom. The van der Waals surface area contributed by atoms with Crippen LogP contribution in [0.1, 0.15) is 89.8 Å². The molecule has 0 radical (unpaired) electrons. The largest absolute Gasteiger partial charge is 0.465 e. The highest BCUT2D eigenvalue weighted by Crippen LogP contribution is 2.39. The molecule has 75 heavy (non-hydrogen) atoms. The summed E-state index contributed by atoms with van der Waals surface area (Å²) in [5.74, 6) is 2.34. The number of fused-ring (bicyclic) bond motifs is 2. The number of ether oxygens (including phenoxy) is 1. The highest BCUT2D eigenvalue weighted by Gasteiger charge is 2.21. The number of rotatable bonds is 19. The summed E-state index contributed by atoms with van der Waals surface area (Å²) in [6, 6.07) is 52.9. The van der Waals surface area contributed by atoms with E-state index in [4.69, 9.17) is 24.7 Å². The molecule has 0 aliphatic heterocycles. The van der Waals surface area contributed by atoms with Crippen LogP contribution < -0.4 is 26.6 Å². The number of aromatic nitrogens is 4. The average molecular weight is 1030 g/mol. The van der Waals surface area contributed by atoms with Crippen LogP contribution in [-0.4, -0.2) is 51.5 Å². The van der Waals surface area contributed by atoms with Gasteiger partial charge in [-0.05, 0) is 120 Å². The molecule has 1 aliphatic carbocycles. The fraction of sp³-hybridized carbons (Fsp3) is 0.213. The minimum Gasteiger partial charge on any atom is -0.465 e. The molecule has 0 spiro atoms. The molecule has 14 heteroatoms. The smallest absolute Gasteiger partial charge is 0.339 e. The van der Waals surface area contributed by atoms with Gasteiger partial charge < -0.3 is 31.3 Å². The molecule has 1 aliphatic rings. The monoisotopic (exact) mass is 1030 g/mol. The predicted molar refractivity (Wildman–Crippen MR) is 306 cm³/mol. The van der Waals surface area contributed by atoms with Gasteiger partial charge in [-0.25, -0.2) is 14.8 Å². The van der Waals surface area contributed by atoms with Crippen molar-refractivity contribution in [2.24, 2.45) is 0 Å². The zero-order valence-corrected chi connectivity index (χ0v) is 44.1. The van der Waals surface area contributed by atoms with Gasteiger partial charge in [0.05, 0.1) is 29.3 Å². The Bertz CT molecular complexity index is 3530. The van der Waals surface area contributed by atoms with E-state index in [0.29, 0.717) is 54.6 Å². The predicted octanol–water partition coefficient (Wildman–Crippen LogP) is 14.5. The van der Waals surface area contributed by atoms with Gasteiger partial charge in [0.1, 0.15) is 11.6 Å². The lowest BCUT2D eigenvalue weighted by Gasteiger charge is -2.18. The molecule has 1 fully saturated rings. The third kappa shape index (κ3) is 11.9. The van der Waals surface area contributed by atoms with Crippen molar-refractivity contribution < 1.29 is 14.3 Å². The summed E-state index contributed by atoms with van der Waals surface area (Å²) in [7, 11) is 1.41. The summed E-state index contributed by atoms with van der Waals surface area (Å²) < 4.78 is 5.32. The molecule has 1 amide bonds. The fourth-order valence-electron chi connectivity index (χ4n) is 9.40. The fourth-order valence-corrected chi connectivity index (χ4v) is 11.6. The van der Waals surface area contributed by atoms with E-state index in [1.807, 2.05) is 104 Å². The lowest BCUT2D eigenvalue weighted by atomic mass is 10.0. The SMILES string of the molecule is CCNC(=O)c1ccccc1Sc1ccccc1CNc1nc(NC2CCCC2)c2cc(-c3ccc(C(=O)OC)c(Sc4ccccc4CNc4nc(Nc5ccccc5C(C)C)c5ccccc5n4)c3)ccc2n1. The number of anilines is 5. The molecule has 1 saturated carbocycles. The molecule has 378 valence electrons. The van der Waals surface area contributed by atoms with E-state index in [1.54, 1.807) is 11.8 Å². The van der Waals surface area contributed by atoms with Crippen molar-refractivity contribution in [1.29, 1.82) is 0 Å². The number of para-hydroxylation sites is 2. The number of benzene rings is 7. The first-order chi connectivity index (χ1) is 36.7. The van der Waals surface area contributed by atoms with Gasteiger partial charge in [-0.1, -0.05) is 141 Å². The summed E-state index contributed by atoms with van der Waals surface area (Å²) in [6.45, 7) is 7.77. The van der Waals surface area contributed by atoms with E-state index >= 15 is 0 Å². The summed E-state index contributed by atoms with van der Waals surface area (Å²) >= 11 is 3.09. The second kappa shape index (κ2) is 23.5. The molecular formula is C61H59N9O3S2. The van der Waals surface area contributed by atoms with Crippen LogP contribution in [0.25, 0.3) is 32.9 Å². The second-order valence-electron chi connectivity index (χ2n) is 18.7. The van der Waals surface area contributed by atoms with E-state index in [-0.39, 0.29) is 5.91 Å². The molecular weight excluding hydrogens is 971 g/mol. The number of esters is 1. The molecule has 2 heterocycles. The van der Waals surface area contributed by atoms with Crippen molar-refractivity contribution in [3.8, 4) is 11.1 Å². The third-order valence-corrected chi connectivity index (χ3v) is 15.6. The number of methoxy groups -OCH3 is 1. The van der Waals surface area contributed by atoms with Gasteiger partial charge >= 0.3 is 5.97 Å². The normalized spacial score (nSPS) is 12.5. The standard InChI is InChI=1S/C61H59N9O3S2/c1-5-62-58(71)46-24-12-17-29-54(46)74-52-27-15-6-18-41(52)36-64-61-68-51-33-31-39(34-48(51)57(70-61)65-43-20-8-9-21-43)40-30-32-47(59(72)73-4)55(35-40)75-53-28-16-7-19-42(53)37-63-60-67-50-26-14-11-23-45(50)56(69-60)66-49-25-13-10-22-44(49)38(2)3/h6-7,10-19,22-35,38,43H,5,8-9,20-21,36-37H2,1-4H3,(H,62,71)(H2,63,66,67,69)(H2,64,65,68,70). The molecule has 0 atom stereocenters. The number of nitrogens with one attached hydrogen (secondary N) is 5. The van der Waals surface area contributed by atoms with Gasteiger partial charge in [0.2, 0.25) is 11.9 Å². The zero-order valence-electron chi connectivity index (χ0n) is 42.4. The van der Waals surface area contributed by atoms with E-state index in [2.05, 4.69) is 101 Å². The van der Waals surface area contributed by atoms with E-state index < -0.39 is 5.97 Å². The Morgan fingerprint density at radius 2 is 1.19 bits per heavy atom. The van der Waals surface area contributed by atoms with Gasteiger partial charge in [0.15, 0.2) is 0 Å². The topological polar surface area (TPSA) is 155 Å². The number of hydrogen-bond donors (Lipinski definition) is 5. The highest BCUT2D eigenvalue weighted by atomic mass is 32.2. The zero-order chi connectivity index (χ0) is 51.7. The molecule has 12 nitrogen and oxygen atoms in total. The van der Waals surface area contributed by atoms with Gasteiger partial charge in [0.25, 0.3) is 5.91 Å². The van der Waals surface area contributed by atoms with E-state index in [1.165, 1.54) is 37.3 Å². The molecule has 9 aromatic rings. The van der Waals surface area contributed by atoms with Crippen LogP contribution in [0.4, 0.5) is 29.2 Å². The number of carbonyl (C=O) groups excluding carboxylic acids is 2. The van der Waals surface area contributed by atoms with Crippen molar-refractivity contribution in [3.63, 3.8) is 0 Å². The Morgan fingerprint density at radius 1 is 0.600 bits per heavy atom. The molecule has 10 rings (SSSR count). The lowest BCUT2D eigenvalue weighted by molar-refractivity contribution is 0.0596. The van der Waals surface area contributed by atoms with Crippen LogP contribution >= 0.6 is 23.5 Å². The molecule has 0 bridgehead atoms. The quantitative estimate of drug-likeness (QED) is 0.0489. The number of nitrogens with zero attached hydrogens (tertiary/aromatic N) is 4. The summed E-state index contributed by atoms with van der Waals surface area (Å²) in [6.07, 6.45) is 4.49. The van der Waals surface area contributed by atoms with Crippen LogP contribution in [0.2, 0.25) is 0 Å². The molecule has 5 N–H and O–H groups in total. The molecule has 7 aromatic carbocycles. The van der Waals surface area contributed by atoms with Gasteiger partial charge in [-0.3, -0.25) is 4.79 Å². The second-order valence-corrected chi connectivity index (χ2v) is 20.9. The average Bonchev–Trinajstić information content (AvgIpc) is 3.96. The van der Waals surface area contributed by atoms with Crippen LogP contribution in [0.3, 0.4) is 0 Å². The highest BCUT2D eigenvalue weighted by molar-refractivity contribution is 7.99. The first-order valence-corrected chi connectivity index (χ1v) is 27.1. The lowest BCUT2D eigenvalue weighted by Crippen LogP contribution is -2.23. The maximum absolute atomic E-state index is 13.4. The van der Waals surface area contributed by atoms with Crippen LogP contribution in [0, 0.1) is 0 Å².